The summed E-state index contributed by atoms with van der Waals surface area (Å²) in [5.74, 6) is 0.469. The molecule has 0 aromatic heterocycles. The Balaban J connectivity index is 1.88. The fraction of sp³-hybridized carbons (Fsp3) is 0.647. The molecule has 2 fully saturated rings. The van der Waals surface area contributed by atoms with Gasteiger partial charge >= 0.3 is 0 Å². The number of benzene rings is 1. The van der Waals surface area contributed by atoms with Crippen LogP contribution in [-0.4, -0.2) is 19.8 Å². The molecule has 1 saturated carbocycles. The van der Waals surface area contributed by atoms with E-state index in [9.17, 15) is 0 Å². The molecule has 2 N–H and O–H groups in total. The molecular formula is C17H24ClNO. The lowest BCUT2D eigenvalue weighted by Crippen LogP contribution is -2.37. The molecule has 0 bridgehead atoms. The zero-order valence-electron chi connectivity index (χ0n) is 12.0. The number of ether oxygens (including phenoxy) is 1. The molecule has 1 atom stereocenters. The van der Waals surface area contributed by atoms with Gasteiger partial charge in [-0.15, -0.1) is 0 Å². The van der Waals surface area contributed by atoms with Crippen LogP contribution < -0.4 is 5.73 Å². The molecule has 1 aliphatic carbocycles. The van der Waals surface area contributed by atoms with Gasteiger partial charge in [0.05, 0.1) is 6.61 Å². The van der Waals surface area contributed by atoms with Gasteiger partial charge in [-0.2, -0.15) is 0 Å². The second-order valence-electron chi connectivity index (χ2n) is 6.34. The number of hydrogen-bond acceptors (Lipinski definition) is 2. The minimum absolute atomic E-state index is 0.159. The van der Waals surface area contributed by atoms with Crippen LogP contribution in [0.15, 0.2) is 18.2 Å². The number of rotatable bonds is 3. The summed E-state index contributed by atoms with van der Waals surface area (Å²) in [4.78, 5) is 0. The molecule has 1 unspecified atom stereocenters. The zero-order chi connectivity index (χ0) is 14.0. The molecule has 1 heterocycles. The van der Waals surface area contributed by atoms with Crippen molar-refractivity contribution in [2.75, 3.05) is 19.8 Å². The van der Waals surface area contributed by atoms with Gasteiger partial charge in [-0.3, -0.25) is 0 Å². The molecule has 0 spiro atoms. The maximum atomic E-state index is 6.55. The Hall–Kier alpha value is -0.570. The molecule has 1 saturated heterocycles. The fourth-order valence-electron chi connectivity index (χ4n) is 3.81. The second kappa shape index (κ2) is 6.05. The number of nitrogens with two attached hydrogens (primary N) is 1. The first-order valence-electron chi connectivity index (χ1n) is 7.83. The summed E-state index contributed by atoms with van der Waals surface area (Å²) in [5, 5.41) is 0.899. The van der Waals surface area contributed by atoms with Gasteiger partial charge in [0.25, 0.3) is 0 Å². The van der Waals surface area contributed by atoms with Crippen molar-refractivity contribution in [3.8, 4) is 0 Å². The van der Waals surface area contributed by atoms with E-state index in [1.165, 1.54) is 43.2 Å². The summed E-state index contributed by atoms with van der Waals surface area (Å²) in [6.07, 6.45) is 7.39. The highest BCUT2D eigenvalue weighted by molar-refractivity contribution is 6.31. The quantitative estimate of drug-likeness (QED) is 0.914. The zero-order valence-corrected chi connectivity index (χ0v) is 12.8. The van der Waals surface area contributed by atoms with Gasteiger partial charge < -0.3 is 10.5 Å². The average molecular weight is 294 g/mol. The molecule has 3 heteroatoms. The first-order valence-corrected chi connectivity index (χ1v) is 8.21. The Bertz CT molecular complexity index is 462. The maximum Gasteiger partial charge on any atom is 0.0536 e. The van der Waals surface area contributed by atoms with Crippen LogP contribution >= 0.6 is 11.6 Å². The van der Waals surface area contributed by atoms with Crippen LogP contribution in [0.25, 0.3) is 0 Å². The number of halogens is 1. The van der Waals surface area contributed by atoms with Gasteiger partial charge in [-0.05, 0) is 36.5 Å². The van der Waals surface area contributed by atoms with E-state index < -0.39 is 0 Å². The first kappa shape index (κ1) is 14.4. The highest BCUT2D eigenvalue weighted by Gasteiger charge is 2.33. The lowest BCUT2D eigenvalue weighted by Gasteiger charge is -2.37. The van der Waals surface area contributed by atoms with E-state index in [1.54, 1.807) is 0 Å². The van der Waals surface area contributed by atoms with Crippen molar-refractivity contribution in [3.05, 3.63) is 34.3 Å². The van der Waals surface area contributed by atoms with E-state index in [0.29, 0.717) is 5.92 Å². The average Bonchev–Trinajstić information content (AvgIpc) is 3.02. The van der Waals surface area contributed by atoms with Gasteiger partial charge in [0.2, 0.25) is 0 Å². The van der Waals surface area contributed by atoms with Crippen molar-refractivity contribution in [2.24, 2.45) is 5.73 Å². The Morgan fingerprint density at radius 1 is 1.25 bits per heavy atom. The third-order valence-corrected chi connectivity index (χ3v) is 5.51. The molecular weight excluding hydrogens is 270 g/mol. The summed E-state index contributed by atoms with van der Waals surface area (Å²) in [6.45, 7) is 2.39. The van der Waals surface area contributed by atoms with Gasteiger partial charge in [0, 0.05) is 29.5 Å². The van der Waals surface area contributed by atoms with Crippen molar-refractivity contribution < 1.29 is 4.74 Å². The minimum atomic E-state index is 0.159. The minimum Gasteiger partial charge on any atom is -0.381 e. The van der Waals surface area contributed by atoms with Crippen molar-refractivity contribution >= 4 is 11.6 Å². The molecule has 1 aliphatic heterocycles. The van der Waals surface area contributed by atoms with Crippen LogP contribution in [0.5, 0.6) is 0 Å². The molecule has 3 rings (SSSR count). The van der Waals surface area contributed by atoms with Crippen molar-refractivity contribution in [2.45, 2.75) is 49.9 Å². The topological polar surface area (TPSA) is 35.2 Å². The smallest absolute Gasteiger partial charge is 0.0536 e. The van der Waals surface area contributed by atoms with Crippen molar-refractivity contribution in [1.29, 1.82) is 0 Å². The summed E-state index contributed by atoms with van der Waals surface area (Å²) >= 11 is 6.55. The maximum absolute atomic E-state index is 6.55. The first-order chi connectivity index (χ1) is 9.75. The van der Waals surface area contributed by atoms with Crippen LogP contribution in [0.3, 0.4) is 0 Å². The van der Waals surface area contributed by atoms with E-state index in [-0.39, 0.29) is 5.41 Å². The van der Waals surface area contributed by atoms with Crippen LogP contribution in [-0.2, 0) is 10.2 Å². The predicted octanol–water partition coefficient (Wildman–Crippen LogP) is 4.00. The van der Waals surface area contributed by atoms with Gasteiger partial charge in [-0.25, -0.2) is 0 Å². The third-order valence-electron chi connectivity index (χ3n) is 5.18. The van der Waals surface area contributed by atoms with Crippen LogP contribution in [0.2, 0.25) is 5.02 Å². The molecule has 110 valence electrons. The monoisotopic (exact) mass is 293 g/mol. The summed E-state index contributed by atoms with van der Waals surface area (Å²) < 4.78 is 5.48. The molecule has 2 aliphatic rings. The molecule has 0 amide bonds. The van der Waals surface area contributed by atoms with E-state index in [4.69, 9.17) is 22.1 Å². The van der Waals surface area contributed by atoms with Crippen LogP contribution in [0, 0.1) is 0 Å². The number of hydrogen-bond donors (Lipinski definition) is 1. The van der Waals surface area contributed by atoms with Crippen molar-refractivity contribution in [1.82, 2.24) is 0 Å². The lowest BCUT2D eigenvalue weighted by molar-refractivity contribution is 0.194. The summed E-state index contributed by atoms with van der Waals surface area (Å²) in [5.41, 5.74) is 8.86. The summed E-state index contributed by atoms with van der Waals surface area (Å²) in [6, 6.07) is 6.65. The Kier molecular flexibility index (Phi) is 4.34. The molecule has 0 radical (unpaired) electrons. The predicted molar refractivity (Wildman–Crippen MR) is 83.4 cm³/mol. The second-order valence-corrected chi connectivity index (χ2v) is 6.75. The molecule has 1 aromatic carbocycles. The fourth-order valence-corrected chi connectivity index (χ4v) is 4.14. The SMILES string of the molecule is NCC1(c2ccc(C3CCOC3)c(Cl)c2)CCCCC1. The largest absolute Gasteiger partial charge is 0.381 e. The van der Waals surface area contributed by atoms with Gasteiger partial charge in [0.15, 0.2) is 0 Å². The van der Waals surface area contributed by atoms with Crippen LogP contribution in [0.1, 0.15) is 55.6 Å². The Morgan fingerprint density at radius 2 is 2.05 bits per heavy atom. The summed E-state index contributed by atoms with van der Waals surface area (Å²) in [7, 11) is 0. The highest BCUT2D eigenvalue weighted by Crippen LogP contribution is 2.41. The van der Waals surface area contributed by atoms with E-state index in [0.717, 1.165) is 31.2 Å². The van der Waals surface area contributed by atoms with Gasteiger partial charge in [0.1, 0.15) is 0 Å². The highest BCUT2D eigenvalue weighted by atomic mass is 35.5. The molecule has 2 nitrogen and oxygen atoms in total. The van der Waals surface area contributed by atoms with E-state index in [2.05, 4.69) is 18.2 Å². The molecule has 1 aromatic rings. The van der Waals surface area contributed by atoms with Crippen LogP contribution in [0.4, 0.5) is 0 Å². The Morgan fingerprint density at radius 3 is 2.65 bits per heavy atom. The standard InChI is InChI=1S/C17H24ClNO/c18-16-10-14(17(12-19)7-2-1-3-8-17)4-5-15(16)13-6-9-20-11-13/h4-5,10,13H,1-3,6-9,11-12,19H2. The van der Waals surface area contributed by atoms with Crippen molar-refractivity contribution in [3.63, 3.8) is 0 Å². The van der Waals surface area contributed by atoms with E-state index >= 15 is 0 Å². The Labute approximate surface area is 126 Å². The third kappa shape index (κ3) is 2.61. The normalized spacial score (nSPS) is 25.8. The lowest BCUT2D eigenvalue weighted by atomic mass is 9.69. The van der Waals surface area contributed by atoms with Gasteiger partial charge in [-0.1, -0.05) is 43.0 Å². The molecule has 20 heavy (non-hydrogen) atoms. The van der Waals surface area contributed by atoms with E-state index in [1.807, 2.05) is 0 Å².